The van der Waals surface area contributed by atoms with Gasteiger partial charge in [0, 0.05) is 25.2 Å². The third-order valence-corrected chi connectivity index (χ3v) is 3.03. The highest BCUT2D eigenvalue weighted by Crippen LogP contribution is 2.07. The molecule has 0 aromatic rings. The summed E-state index contributed by atoms with van der Waals surface area (Å²) in [4.78, 5) is 2.16. The summed E-state index contributed by atoms with van der Waals surface area (Å²) >= 11 is 0. The molecule has 0 aromatic carbocycles. The summed E-state index contributed by atoms with van der Waals surface area (Å²) in [6.07, 6.45) is -0.468. The second-order valence-corrected chi connectivity index (χ2v) is 5.26. The molecule has 0 fully saturated rings. The van der Waals surface area contributed by atoms with E-state index < -0.39 is 6.10 Å². The zero-order chi connectivity index (χ0) is 14.0. The molecule has 0 aliphatic heterocycles. The van der Waals surface area contributed by atoms with Crippen LogP contribution in [0.4, 0.5) is 0 Å². The van der Waals surface area contributed by atoms with Crippen LogP contribution in [0.25, 0.3) is 0 Å². The van der Waals surface area contributed by atoms with E-state index in [1.807, 2.05) is 6.92 Å². The molecule has 0 spiro atoms. The molecule has 0 radical (unpaired) electrons. The van der Waals surface area contributed by atoms with Crippen LogP contribution < -0.4 is 5.32 Å². The van der Waals surface area contributed by atoms with Crippen LogP contribution in [0.2, 0.25) is 0 Å². The predicted molar refractivity (Wildman–Crippen MR) is 74.0 cm³/mol. The number of nitrogens with zero attached hydrogens (tertiary/aromatic N) is 1. The number of ether oxygens (including phenoxy) is 2. The molecule has 0 aromatic heterocycles. The second-order valence-electron chi connectivity index (χ2n) is 5.26. The minimum atomic E-state index is -0.468. The fourth-order valence-electron chi connectivity index (χ4n) is 1.24. The van der Waals surface area contributed by atoms with Crippen LogP contribution in [0.1, 0.15) is 20.8 Å². The molecule has 0 heterocycles. The Labute approximate surface area is 111 Å². The minimum absolute atomic E-state index is 0.0789. The van der Waals surface area contributed by atoms with Crippen LogP contribution in [0.15, 0.2) is 0 Å². The van der Waals surface area contributed by atoms with E-state index in [-0.39, 0.29) is 5.54 Å². The molecule has 0 aliphatic rings. The van der Waals surface area contributed by atoms with Gasteiger partial charge >= 0.3 is 0 Å². The lowest BCUT2D eigenvalue weighted by Crippen LogP contribution is -2.48. The Kier molecular flexibility index (Phi) is 9.59. The van der Waals surface area contributed by atoms with Crippen molar-refractivity contribution in [2.24, 2.45) is 0 Å². The Morgan fingerprint density at radius 1 is 1.22 bits per heavy atom. The number of hydrogen-bond acceptors (Lipinski definition) is 5. The number of nitrogens with one attached hydrogen (secondary N) is 1. The first-order chi connectivity index (χ1) is 8.40. The summed E-state index contributed by atoms with van der Waals surface area (Å²) in [6.45, 7) is 9.82. The van der Waals surface area contributed by atoms with Gasteiger partial charge in [0.1, 0.15) is 0 Å². The number of likely N-dealkylation sites (N-methyl/N-ethyl adjacent to an activating group) is 1. The van der Waals surface area contributed by atoms with Crippen LogP contribution >= 0.6 is 0 Å². The lowest BCUT2D eigenvalue weighted by atomic mass is 10.0. The van der Waals surface area contributed by atoms with Crippen molar-refractivity contribution in [1.82, 2.24) is 10.2 Å². The van der Waals surface area contributed by atoms with E-state index in [4.69, 9.17) is 9.47 Å². The van der Waals surface area contributed by atoms with E-state index in [9.17, 15) is 5.11 Å². The Hall–Kier alpha value is -0.200. The number of aliphatic hydroxyl groups excluding tert-OH is 1. The first kappa shape index (κ1) is 17.8. The maximum atomic E-state index is 9.70. The smallest absolute Gasteiger partial charge is 0.0897 e. The van der Waals surface area contributed by atoms with Gasteiger partial charge in [-0.3, -0.25) is 0 Å². The van der Waals surface area contributed by atoms with Gasteiger partial charge in [0.2, 0.25) is 0 Å². The maximum Gasteiger partial charge on any atom is 0.0897 e. The quantitative estimate of drug-likeness (QED) is 0.526. The molecule has 1 atom stereocenters. The molecule has 18 heavy (non-hydrogen) atoms. The molecular weight excluding hydrogens is 232 g/mol. The number of aliphatic hydroxyl groups is 1. The van der Waals surface area contributed by atoms with E-state index in [0.717, 1.165) is 6.54 Å². The largest absolute Gasteiger partial charge is 0.389 e. The fourth-order valence-corrected chi connectivity index (χ4v) is 1.24. The first-order valence-electron chi connectivity index (χ1n) is 6.62. The second kappa shape index (κ2) is 9.69. The van der Waals surface area contributed by atoms with Crippen molar-refractivity contribution in [3.8, 4) is 0 Å². The Morgan fingerprint density at radius 2 is 1.83 bits per heavy atom. The van der Waals surface area contributed by atoms with Gasteiger partial charge in [-0.1, -0.05) is 0 Å². The van der Waals surface area contributed by atoms with Gasteiger partial charge in [0.25, 0.3) is 0 Å². The van der Waals surface area contributed by atoms with Gasteiger partial charge in [0.05, 0.1) is 25.9 Å². The summed E-state index contributed by atoms with van der Waals surface area (Å²) in [5, 5.41) is 13.0. The van der Waals surface area contributed by atoms with E-state index in [1.54, 1.807) is 0 Å². The Balaban J connectivity index is 3.50. The van der Waals surface area contributed by atoms with Crippen molar-refractivity contribution in [3.63, 3.8) is 0 Å². The van der Waals surface area contributed by atoms with Crippen LogP contribution in [0, 0.1) is 0 Å². The zero-order valence-corrected chi connectivity index (χ0v) is 12.5. The highest BCUT2D eigenvalue weighted by atomic mass is 16.5. The van der Waals surface area contributed by atoms with Gasteiger partial charge in [0.15, 0.2) is 0 Å². The molecule has 1 unspecified atom stereocenters. The van der Waals surface area contributed by atoms with Crippen LogP contribution in [0.3, 0.4) is 0 Å². The molecular formula is C13H30N2O3. The molecule has 0 aliphatic carbocycles. The van der Waals surface area contributed by atoms with Crippen molar-refractivity contribution in [1.29, 1.82) is 0 Å². The third kappa shape index (κ3) is 8.83. The average Bonchev–Trinajstić information content (AvgIpc) is 2.28. The molecule has 0 amide bonds. The number of rotatable bonds is 11. The number of hydrogen-bond donors (Lipinski definition) is 2. The lowest BCUT2D eigenvalue weighted by Gasteiger charge is -2.33. The SMILES string of the molecule is CCOCCOCC(O)CNCC(C)(C)N(C)C. The summed E-state index contributed by atoms with van der Waals surface area (Å²) < 4.78 is 10.4. The van der Waals surface area contributed by atoms with Crippen molar-refractivity contribution in [3.05, 3.63) is 0 Å². The van der Waals surface area contributed by atoms with Crippen LogP contribution in [-0.2, 0) is 9.47 Å². The predicted octanol–water partition coefficient (Wildman–Crippen LogP) is 0.330. The van der Waals surface area contributed by atoms with Gasteiger partial charge in [-0.05, 0) is 34.9 Å². The van der Waals surface area contributed by atoms with Crippen LogP contribution in [-0.4, -0.2) is 75.3 Å². The van der Waals surface area contributed by atoms with E-state index in [2.05, 4.69) is 38.2 Å². The summed E-state index contributed by atoms with van der Waals surface area (Å²) in [5.41, 5.74) is 0.0789. The fraction of sp³-hybridized carbons (Fsp3) is 1.00. The van der Waals surface area contributed by atoms with Crippen LogP contribution in [0.5, 0.6) is 0 Å². The van der Waals surface area contributed by atoms with Gasteiger partial charge in [-0.25, -0.2) is 0 Å². The van der Waals surface area contributed by atoms with Gasteiger partial charge < -0.3 is 24.8 Å². The maximum absolute atomic E-state index is 9.70. The van der Waals surface area contributed by atoms with Gasteiger partial charge in [-0.2, -0.15) is 0 Å². The minimum Gasteiger partial charge on any atom is -0.389 e. The molecule has 5 nitrogen and oxygen atoms in total. The van der Waals surface area contributed by atoms with Crippen molar-refractivity contribution in [2.45, 2.75) is 32.4 Å². The Morgan fingerprint density at radius 3 is 2.39 bits per heavy atom. The van der Waals surface area contributed by atoms with E-state index >= 15 is 0 Å². The molecule has 2 N–H and O–H groups in total. The molecule has 0 bridgehead atoms. The monoisotopic (exact) mass is 262 g/mol. The topological polar surface area (TPSA) is 54.0 Å². The average molecular weight is 262 g/mol. The zero-order valence-electron chi connectivity index (χ0n) is 12.5. The summed E-state index contributed by atoms with van der Waals surface area (Å²) in [6, 6.07) is 0. The molecule has 0 saturated heterocycles. The highest BCUT2D eigenvalue weighted by Gasteiger charge is 2.19. The molecule has 5 heteroatoms. The molecule has 0 saturated carbocycles. The third-order valence-electron chi connectivity index (χ3n) is 3.03. The van der Waals surface area contributed by atoms with E-state index in [1.165, 1.54) is 0 Å². The molecule has 0 rings (SSSR count). The summed E-state index contributed by atoms with van der Waals surface area (Å²) in [5.74, 6) is 0. The van der Waals surface area contributed by atoms with Crippen molar-refractivity contribution in [2.75, 3.05) is 53.6 Å². The van der Waals surface area contributed by atoms with Crippen molar-refractivity contribution >= 4 is 0 Å². The lowest BCUT2D eigenvalue weighted by molar-refractivity contribution is 0.00568. The standard InChI is InChI=1S/C13H30N2O3/c1-6-17-7-8-18-10-12(16)9-14-11-13(2,3)15(4)5/h12,14,16H,6-11H2,1-5H3. The highest BCUT2D eigenvalue weighted by molar-refractivity contribution is 4.80. The first-order valence-corrected chi connectivity index (χ1v) is 6.62. The Bertz CT molecular complexity index is 199. The molecule has 110 valence electrons. The van der Waals surface area contributed by atoms with E-state index in [0.29, 0.717) is 33.0 Å². The van der Waals surface area contributed by atoms with Crippen molar-refractivity contribution < 1.29 is 14.6 Å². The normalized spacial score (nSPS) is 14.2. The van der Waals surface area contributed by atoms with Gasteiger partial charge in [-0.15, -0.1) is 0 Å². The summed E-state index contributed by atoms with van der Waals surface area (Å²) in [7, 11) is 4.10.